The molecule has 1 aliphatic rings. The van der Waals surface area contributed by atoms with Gasteiger partial charge in [-0.05, 0) is 29.2 Å². The van der Waals surface area contributed by atoms with Crippen LogP contribution >= 0.6 is 0 Å². The van der Waals surface area contributed by atoms with Crippen LogP contribution in [0.4, 0.5) is 0 Å². The van der Waals surface area contributed by atoms with Gasteiger partial charge < -0.3 is 0 Å². The van der Waals surface area contributed by atoms with E-state index in [4.69, 9.17) is 0 Å². The maximum atomic E-state index is 4.49. The first kappa shape index (κ1) is 9.34. The molecule has 1 heteroatoms. The fraction of sp³-hybridized carbons (Fsp3) is 0.133. The minimum Gasteiger partial charge on any atom is -0.288 e. The van der Waals surface area contributed by atoms with Crippen LogP contribution in [0.3, 0.4) is 0 Å². The molecule has 0 fully saturated rings. The van der Waals surface area contributed by atoms with Crippen molar-refractivity contribution < 1.29 is 0 Å². The Morgan fingerprint density at radius 3 is 2.69 bits per heavy atom. The van der Waals surface area contributed by atoms with E-state index in [1.54, 1.807) is 0 Å². The van der Waals surface area contributed by atoms with Gasteiger partial charge in [-0.1, -0.05) is 42.5 Å². The molecule has 0 saturated heterocycles. The Morgan fingerprint density at radius 2 is 1.75 bits per heavy atom. The average Bonchev–Trinajstić information content (AvgIpc) is 2.50. The Morgan fingerprint density at radius 1 is 0.938 bits per heavy atom. The zero-order valence-electron chi connectivity index (χ0n) is 9.27. The van der Waals surface area contributed by atoms with Crippen molar-refractivity contribution in [1.82, 2.24) is 0 Å². The normalized spacial score (nSPS) is 12.8. The van der Waals surface area contributed by atoms with E-state index in [1.165, 1.54) is 27.8 Å². The van der Waals surface area contributed by atoms with Crippen LogP contribution < -0.4 is 0 Å². The summed E-state index contributed by atoms with van der Waals surface area (Å²) in [4.78, 5) is 4.49. The number of aryl methyl sites for hydroxylation is 1. The van der Waals surface area contributed by atoms with Crippen molar-refractivity contribution in [2.45, 2.75) is 13.5 Å². The Hall–Kier alpha value is -1.89. The first-order chi connectivity index (χ1) is 7.86. The molecule has 0 amide bonds. The summed E-state index contributed by atoms with van der Waals surface area (Å²) in [5, 5.41) is 0. The molecule has 0 aromatic heterocycles. The van der Waals surface area contributed by atoms with Crippen LogP contribution in [-0.4, -0.2) is 6.21 Å². The van der Waals surface area contributed by atoms with Crippen molar-refractivity contribution in [1.29, 1.82) is 0 Å². The van der Waals surface area contributed by atoms with Crippen LogP contribution in [0.1, 0.15) is 16.7 Å². The van der Waals surface area contributed by atoms with E-state index >= 15 is 0 Å². The lowest BCUT2D eigenvalue weighted by Crippen LogP contribution is -1.91. The number of benzene rings is 2. The second-order valence-electron chi connectivity index (χ2n) is 4.16. The zero-order valence-corrected chi connectivity index (χ0v) is 9.27. The molecule has 2 aromatic rings. The zero-order chi connectivity index (χ0) is 11.0. The van der Waals surface area contributed by atoms with Crippen molar-refractivity contribution >= 4 is 6.21 Å². The summed E-state index contributed by atoms with van der Waals surface area (Å²) in [6, 6.07) is 14.9. The third-order valence-corrected chi connectivity index (χ3v) is 3.11. The molecule has 3 rings (SSSR count). The highest BCUT2D eigenvalue weighted by Crippen LogP contribution is 2.30. The average molecular weight is 207 g/mol. The highest BCUT2D eigenvalue weighted by Gasteiger charge is 2.11. The molecule has 0 saturated carbocycles. The highest BCUT2D eigenvalue weighted by molar-refractivity contribution is 5.93. The highest BCUT2D eigenvalue weighted by atomic mass is 14.7. The third kappa shape index (κ3) is 1.36. The lowest BCUT2D eigenvalue weighted by Gasteiger charge is -2.09. The molecule has 1 aliphatic heterocycles. The summed E-state index contributed by atoms with van der Waals surface area (Å²) in [5.74, 6) is 0. The van der Waals surface area contributed by atoms with Crippen LogP contribution in [-0.2, 0) is 6.54 Å². The van der Waals surface area contributed by atoms with Gasteiger partial charge in [0.05, 0.1) is 6.54 Å². The molecule has 0 spiro atoms. The van der Waals surface area contributed by atoms with Gasteiger partial charge in [-0.3, -0.25) is 4.99 Å². The number of rotatable bonds is 0. The van der Waals surface area contributed by atoms with E-state index in [9.17, 15) is 0 Å². The number of hydrogen-bond acceptors (Lipinski definition) is 1. The van der Waals surface area contributed by atoms with Crippen molar-refractivity contribution in [3.8, 4) is 11.1 Å². The van der Waals surface area contributed by atoms with Gasteiger partial charge in [0.15, 0.2) is 0 Å². The summed E-state index contributed by atoms with van der Waals surface area (Å²) in [6.45, 7) is 2.92. The standard InChI is InChI=1S/C15H13N/c1-11-5-4-8-14-13-7-3-2-6-12(13)9-16-10-15(11)14/h2-8,10H,9H2,1H3. The van der Waals surface area contributed by atoms with E-state index in [0.717, 1.165) is 6.54 Å². The first-order valence-electron chi connectivity index (χ1n) is 5.54. The van der Waals surface area contributed by atoms with E-state index in [-0.39, 0.29) is 0 Å². The van der Waals surface area contributed by atoms with E-state index in [0.29, 0.717) is 0 Å². The second-order valence-corrected chi connectivity index (χ2v) is 4.16. The van der Waals surface area contributed by atoms with Crippen LogP contribution in [0.25, 0.3) is 11.1 Å². The van der Waals surface area contributed by atoms with Crippen LogP contribution in [0.15, 0.2) is 47.5 Å². The molecule has 1 heterocycles. The molecule has 0 unspecified atom stereocenters. The van der Waals surface area contributed by atoms with Gasteiger partial charge in [0.2, 0.25) is 0 Å². The molecular weight excluding hydrogens is 194 g/mol. The molecule has 2 aromatic carbocycles. The van der Waals surface area contributed by atoms with Crippen LogP contribution in [0.2, 0.25) is 0 Å². The Labute approximate surface area is 95.5 Å². The number of nitrogens with zero attached hydrogens (tertiary/aromatic N) is 1. The Balaban J connectivity index is 2.35. The fourth-order valence-electron chi connectivity index (χ4n) is 2.24. The van der Waals surface area contributed by atoms with Gasteiger partial charge in [0, 0.05) is 11.8 Å². The largest absolute Gasteiger partial charge is 0.288 e. The second kappa shape index (κ2) is 3.60. The van der Waals surface area contributed by atoms with E-state index in [2.05, 4.69) is 54.4 Å². The molecule has 0 atom stereocenters. The number of hydrogen-bond donors (Lipinski definition) is 0. The fourth-order valence-corrected chi connectivity index (χ4v) is 2.24. The molecule has 16 heavy (non-hydrogen) atoms. The lowest BCUT2D eigenvalue weighted by molar-refractivity contribution is 1.09. The minimum absolute atomic E-state index is 0.782. The number of aliphatic imine (C=N–C) groups is 1. The van der Waals surface area contributed by atoms with Crippen molar-refractivity contribution in [3.05, 3.63) is 59.2 Å². The summed E-state index contributed by atoms with van der Waals surface area (Å²) >= 11 is 0. The summed E-state index contributed by atoms with van der Waals surface area (Å²) < 4.78 is 0. The van der Waals surface area contributed by atoms with Gasteiger partial charge in [-0.15, -0.1) is 0 Å². The topological polar surface area (TPSA) is 12.4 Å². The number of fused-ring (bicyclic) bond motifs is 3. The van der Waals surface area contributed by atoms with Gasteiger partial charge in [-0.2, -0.15) is 0 Å². The van der Waals surface area contributed by atoms with Crippen molar-refractivity contribution in [2.24, 2.45) is 4.99 Å². The van der Waals surface area contributed by atoms with Crippen molar-refractivity contribution in [2.75, 3.05) is 0 Å². The SMILES string of the molecule is Cc1cccc2c1C=NCc1ccccc1-2. The maximum absolute atomic E-state index is 4.49. The monoisotopic (exact) mass is 207 g/mol. The van der Waals surface area contributed by atoms with Gasteiger partial charge >= 0.3 is 0 Å². The molecule has 1 nitrogen and oxygen atoms in total. The van der Waals surface area contributed by atoms with E-state index in [1.807, 2.05) is 6.21 Å². The summed E-state index contributed by atoms with van der Waals surface area (Å²) in [7, 11) is 0. The Bertz CT molecular complexity index is 567. The summed E-state index contributed by atoms with van der Waals surface area (Å²) in [5.41, 5.74) is 6.48. The predicted molar refractivity (Wildman–Crippen MR) is 67.9 cm³/mol. The lowest BCUT2D eigenvalue weighted by atomic mass is 9.94. The molecular formula is C15H13N. The first-order valence-corrected chi connectivity index (χ1v) is 5.54. The minimum atomic E-state index is 0.782. The Kier molecular flexibility index (Phi) is 2.10. The quantitative estimate of drug-likeness (QED) is 0.626. The smallest absolute Gasteiger partial charge is 0.0646 e. The molecule has 0 aliphatic carbocycles. The van der Waals surface area contributed by atoms with E-state index < -0.39 is 0 Å². The molecule has 0 N–H and O–H groups in total. The van der Waals surface area contributed by atoms with Crippen LogP contribution in [0.5, 0.6) is 0 Å². The summed E-state index contributed by atoms with van der Waals surface area (Å²) in [6.07, 6.45) is 2.00. The van der Waals surface area contributed by atoms with Gasteiger partial charge in [0.25, 0.3) is 0 Å². The van der Waals surface area contributed by atoms with Crippen LogP contribution in [0, 0.1) is 6.92 Å². The van der Waals surface area contributed by atoms with Gasteiger partial charge in [0.1, 0.15) is 0 Å². The van der Waals surface area contributed by atoms with Crippen molar-refractivity contribution in [3.63, 3.8) is 0 Å². The maximum Gasteiger partial charge on any atom is 0.0646 e. The molecule has 0 bridgehead atoms. The predicted octanol–water partition coefficient (Wildman–Crippen LogP) is 3.59. The third-order valence-electron chi connectivity index (χ3n) is 3.11. The molecule has 78 valence electrons. The van der Waals surface area contributed by atoms with Gasteiger partial charge in [-0.25, -0.2) is 0 Å². The molecule has 0 radical (unpaired) electrons.